The van der Waals surface area contributed by atoms with Gasteiger partial charge in [0.2, 0.25) is 0 Å². The fraction of sp³-hybridized carbons (Fsp3) is 0.848. The van der Waals surface area contributed by atoms with Crippen LogP contribution in [-0.4, -0.2) is 23.5 Å². The molecule has 0 radical (unpaired) electrons. The lowest BCUT2D eigenvalue weighted by Crippen LogP contribution is -2.59. The zero-order chi connectivity index (χ0) is 24.8. The van der Waals surface area contributed by atoms with Gasteiger partial charge in [-0.05, 0) is 123 Å². The molecular formula is C33H54N2O. The van der Waals surface area contributed by atoms with E-state index in [1.165, 1.54) is 64.2 Å². The van der Waals surface area contributed by atoms with Gasteiger partial charge < -0.3 is 4.74 Å². The molecule has 0 amide bonds. The van der Waals surface area contributed by atoms with Crippen molar-refractivity contribution < 1.29 is 4.74 Å². The smallest absolute Gasteiger partial charge is 0.0646 e. The maximum absolute atomic E-state index is 5.63. The van der Waals surface area contributed by atoms with Crippen LogP contribution in [0.15, 0.2) is 12.4 Å². The van der Waals surface area contributed by atoms with E-state index < -0.39 is 0 Å². The molecule has 0 aliphatic heterocycles. The first-order valence-corrected chi connectivity index (χ1v) is 14.7. The zero-order valence-electron chi connectivity index (χ0n) is 23.4. The third kappa shape index (κ3) is 4.28. The average Bonchev–Trinajstić information content (AvgIpc) is 3.42. The fourth-order valence-electron chi connectivity index (χ4n) is 10.9. The number of methoxy groups -OCH3 is 1. The molecule has 4 fully saturated rings. The highest BCUT2D eigenvalue weighted by molar-refractivity contribution is 5.28. The van der Waals surface area contributed by atoms with Gasteiger partial charge in [-0.25, -0.2) is 0 Å². The minimum absolute atomic E-state index is 0. The molecule has 4 aliphatic carbocycles. The van der Waals surface area contributed by atoms with Crippen LogP contribution in [0.4, 0.5) is 0 Å². The standard InChI is InChI=1S/C32H50N2O.CH4/c1-7-9-25-19-33-34(21-25)20-23(3)27-10-11-28-26-13-15-30(4)18-24(22-35-6)12-17-32(30,8-2)29(26)14-16-31(27,28)5;/h19,21,23-24,26-29H,8,10-18,20,22H2,1-6H3;1H4. The SMILES string of the molecule is C.CC#Cc1cnn(CC(C)C2CCC3C4CCC5(C)CC(COC)CCC5(CC)C4CCC23C)c1. The average molecular weight is 495 g/mol. The molecule has 1 aromatic rings. The first-order valence-electron chi connectivity index (χ1n) is 14.7. The zero-order valence-corrected chi connectivity index (χ0v) is 23.4. The molecule has 4 saturated carbocycles. The summed E-state index contributed by atoms with van der Waals surface area (Å²) in [4.78, 5) is 0. The fourth-order valence-corrected chi connectivity index (χ4v) is 10.9. The first-order chi connectivity index (χ1) is 16.8. The van der Waals surface area contributed by atoms with E-state index in [0.717, 1.165) is 48.3 Å². The molecule has 0 bridgehead atoms. The van der Waals surface area contributed by atoms with Gasteiger partial charge in [-0.1, -0.05) is 41.0 Å². The highest BCUT2D eigenvalue weighted by atomic mass is 16.5. The lowest BCUT2D eigenvalue weighted by Gasteiger charge is -2.66. The molecular weight excluding hydrogens is 440 g/mol. The van der Waals surface area contributed by atoms with Crippen LogP contribution in [0.25, 0.3) is 0 Å². The molecule has 1 aromatic heterocycles. The van der Waals surface area contributed by atoms with Crippen molar-refractivity contribution >= 4 is 0 Å². The Labute approximate surface area is 222 Å². The van der Waals surface area contributed by atoms with E-state index in [0.29, 0.717) is 22.2 Å². The molecule has 3 nitrogen and oxygen atoms in total. The molecule has 0 aromatic carbocycles. The topological polar surface area (TPSA) is 27.1 Å². The Morgan fingerprint density at radius 3 is 2.64 bits per heavy atom. The van der Waals surface area contributed by atoms with Crippen molar-refractivity contribution in [3.05, 3.63) is 18.0 Å². The van der Waals surface area contributed by atoms with Gasteiger partial charge in [0, 0.05) is 26.5 Å². The van der Waals surface area contributed by atoms with E-state index in [9.17, 15) is 0 Å². The van der Waals surface area contributed by atoms with Gasteiger partial charge in [0.25, 0.3) is 0 Å². The number of fused-ring (bicyclic) bond motifs is 5. The summed E-state index contributed by atoms with van der Waals surface area (Å²) in [5, 5.41) is 4.64. The van der Waals surface area contributed by atoms with Crippen LogP contribution in [0, 0.1) is 63.6 Å². The summed E-state index contributed by atoms with van der Waals surface area (Å²) in [5.41, 5.74) is 2.64. The summed E-state index contributed by atoms with van der Waals surface area (Å²) in [6.07, 6.45) is 18.4. The van der Waals surface area contributed by atoms with Gasteiger partial charge in [-0.15, -0.1) is 5.92 Å². The number of ether oxygens (including phenoxy) is 1. The number of nitrogens with zero attached hydrogens (tertiary/aromatic N) is 2. The van der Waals surface area contributed by atoms with E-state index >= 15 is 0 Å². The Morgan fingerprint density at radius 2 is 1.92 bits per heavy atom. The highest BCUT2D eigenvalue weighted by Gasteiger charge is 2.64. The monoisotopic (exact) mass is 494 g/mol. The molecule has 0 saturated heterocycles. The Morgan fingerprint density at radius 1 is 1.11 bits per heavy atom. The Kier molecular flexibility index (Phi) is 8.08. The third-order valence-corrected chi connectivity index (χ3v) is 12.3. The van der Waals surface area contributed by atoms with E-state index in [2.05, 4.69) is 55.5 Å². The summed E-state index contributed by atoms with van der Waals surface area (Å²) >= 11 is 0. The lowest BCUT2D eigenvalue weighted by atomic mass is 9.38. The molecule has 4 aliphatic rings. The molecule has 1 heterocycles. The highest BCUT2D eigenvalue weighted by Crippen LogP contribution is 2.72. The molecule has 5 rings (SSSR count). The van der Waals surface area contributed by atoms with Crippen molar-refractivity contribution in [2.24, 2.45) is 51.8 Å². The summed E-state index contributed by atoms with van der Waals surface area (Å²) in [7, 11) is 1.89. The van der Waals surface area contributed by atoms with Crippen LogP contribution >= 0.6 is 0 Å². The maximum atomic E-state index is 5.63. The second-order valence-corrected chi connectivity index (χ2v) is 13.6. The summed E-state index contributed by atoms with van der Waals surface area (Å²) in [6.45, 7) is 14.3. The summed E-state index contributed by atoms with van der Waals surface area (Å²) in [6, 6.07) is 0. The summed E-state index contributed by atoms with van der Waals surface area (Å²) in [5.74, 6) is 11.3. The Balaban J connectivity index is 0.00000304. The van der Waals surface area contributed by atoms with E-state index in [1.807, 2.05) is 20.2 Å². The molecule has 3 heteroatoms. The normalized spacial score (nSPS) is 42.2. The molecule has 36 heavy (non-hydrogen) atoms. The molecule has 202 valence electrons. The Bertz CT molecular complexity index is 956. The number of rotatable bonds is 6. The predicted molar refractivity (Wildman–Crippen MR) is 150 cm³/mol. The van der Waals surface area contributed by atoms with Gasteiger partial charge in [0.1, 0.15) is 0 Å². The van der Waals surface area contributed by atoms with Gasteiger partial charge in [-0.2, -0.15) is 5.10 Å². The third-order valence-electron chi connectivity index (χ3n) is 12.3. The van der Waals surface area contributed by atoms with Crippen LogP contribution < -0.4 is 0 Å². The predicted octanol–water partition coefficient (Wildman–Crippen LogP) is 8.23. The minimum Gasteiger partial charge on any atom is -0.384 e. The van der Waals surface area contributed by atoms with Crippen molar-refractivity contribution in [1.82, 2.24) is 9.78 Å². The van der Waals surface area contributed by atoms with Gasteiger partial charge >= 0.3 is 0 Å². The van der Waals surface area contributed by atoms with Crippen molar-refractivity contribution in [1.29, 1.82) is 0 Å². The minimum atomic E-state index is 0. The van der Waals surface area contributed by atoms with E-state index in [-0.39, 0.29) is 7.43 Å². The van der Waals surface area contributed by atoms with Crippen molar-refractivity contribution in [3.8, 4) is 11.8 Å². The molecule has 9 atom stereocenters. The summed E-state index contributed by atoms with van der Waals surface area (Å²) < 4.78 is 7.78. The van der Waals surface area contributed by atoms with Crippen molar-refractivity contribution in [2.45, 2.75) is 113 Å². The molecule has 0 N–H and O–H groups in total. The second-order valence-electron chi connectivity index (χ2n) is 13.6. The van der Waals surface area contributed by atoms with Gasteiger partial charge in [0.15, 0.2) is 0 Å². The number of aromatic nitrogens is 2. The van der Waals surface area contributed by atoms with Gasteiger partial charge in [0.05, 0.1) is 11.8 Å². The van der Waals surface area contributed by atoms with Crippen LogP contribution in [0.5, 0.6) is 0 Å². The first kappa shape index (κ1) is 27.8. The maximum Gasteiger partial charge on any atom is 0.0646 e. The van der Waals surface area contributed by atoms with Gasteiger partial charge in [-0.3, -0.25) is 4.68 Å². The lowest BCUT2D eigenvalue weighted by molar-refractivity contribution is -0.177. The van der Waals surface area contributed by atoms with E-state index in [4.69, 9.17) is 4.74 Å². The van der Waals surface area contributed by atoms with Crippen molar-refractivity contribution in [2.75, 3.05) is 13.7 Å². The van der Waals surface area contributed by atoms with Crippen LogP contribution in [-0.2, 0) is 11.3 Å². The molecule has 0 spiro atoms. The Hall–Kier alpha value is -1.27. The van der Waals surface area contributed by atoms with Crippen LogP contribution in [0.2, 0.25) is 0 Å². The number of hydrogen-bond donors (Lipinski definition) is 0. The van der Waals surface area contributed by atoms with Crippen LogP contribution in [0.3, 0.4) is 0 Å². The second kappa shape index (κ2) is 10.5. The largest absolute Gasteiger partial charge is 0.384 e. The molecule has 9 unspecified atom stereocenters. The van der Waals surface area contributed by atoms with Crippen LogP contribution in [0.1, 0.15) is 112 Å². The quantitative estimate of drug-likeness (QED) is 0.372. The van der Waals surface area contributed by atoms with Crippen molar-refractivity contribution in [3.63, 3.8) is 0 Å². The van der Waals surface area contributed by atoms with E-state index in [1.54, 1.807) is 0 Å². The number of hydrogen-bond acceptors (Lipinski definition) is 2.